The third-order valence-corrected chi connectivity index (χ3v) is 5.14. The molecule has 0 aromatic carbocycles. The molecule has 0 saturated carbocycles. The van der Waals surface area contributed by atoms with Crippen LogP contribution < -0.4 is 5.32 Å². The minimum atomic E-state index is -0.425. The molecule has 138 valence electrons. The van der Waals surface area contributed by atoms with Crippen LogP contribution in [0.4, 0.5) is 5.88 Å². The van der Waals surface area contributed by atoms with Crippen LogP contribution in [0, 0.1) is 12.8 Å². The first-order chi connectivity index (χ1) is 12.0. The van der Waals surface area contributed by atoms with Gasteiger partial charge in [0.25, 0.3) is 0 Å². The summed E-state index contributed by atoms with van der Waals surface area (Å²) in [6, 6.07) is -0.425. The number of nitrogens with zero attached hydrogens (tertiary/aromatic N) is 2. The zero-order valence-electron chi connectivity index (χ0n) is 15.2. The maximum atomic E-state index is 12.7. The lowest BCUT2D eigenvalue weighted by Gasteiger charge is -2.25. The molecule has 3 heterocycles. The topological polar surface area (TPSA) is 84.7 Å². The van der Waals surface area contributed by atoms with Crippen molar-refractivity contribution in [1.82, 2.24) is 10.1 Å². The Morgan fingerprint density at radius 1 is 1.24 bits per heavy atom. The summed E-state index contributed by atoms with van der Waals surface area (Å²) in [5.41, 5.74) is 1.78. The van der Waals surface area contributed by atoms with E-state index in [0.29, 0.717) is 24.8 Å². The normalized spacial score (nSPS) is 21.8. The molecule has 2 saturated heterocycles. The lowest BCUT2D eigenvalue weighted by atomic mass is 9.94. The highest BCUT2D eigenvalue weighted by Gasteiger charge is 2.36. The molecule has 0 spiro atoms. The van der Waals surface area contributed by atoms with Gasteiger partial charge < -0.3 is 14.2 Å². The number of hydrogen-bond acceptors (Lipinski definition) is 5. The Balaban J connectivity index is 1.68. The number of anilines is 1. The predicted octanol–water partition coefficient (Wildman–Crippen LogP) is 2.46. The van der Waals surface area contributed by atoms with Crippen molar-refractivity contribution < 1.29 is 18.8 Å². The maximum absolute atomic E-state index is 12.7. The van der Waals surface area contributed by atoms with Gasteiger partial charge in [-0.05, 0) is 32.6 Å². The monoisotopic (exact) mass is 349 g/mol. The van der Waals surface area contributed by atoms with Crippen LogP contribution in [0.5, 0.6) is 0 Å². The summed E-state index contributed by atoms with van der Waals surface area (Å²) >= 11 is 0. The SMILES string of the molecule is Cc1c(C2CCOCC2)noc1NC(=O)C1CCCN1C(=O)C(C)C. The summed E-state index contributed by atoms with van der Waals surface area (Å²) in [5, 5.41) is 7.02. The molecule has 0 radical (unpaired) electrons. The summed E-state index contributed by atoms with van der Waals surface area (Å²) in [7, 11) is 0. The molecule has 1 N–H and O–H groups in total. The molecule has 1 atom stereocenters. The van der Waals surface area contributed by atoms with E-state index in [0.717, 1.165) is 43.7 Å². The van der Waals surface area contributed by atoms with Crippen molar-refractivity contribution in [2.75, 3.05) is 25.1 Å². The Morgan fingerprint density at radius 3 is 2.64 bits per heavy atom. The number of hydrogen-bond donors (Lipinski definition) is 1. The van der Waals surface area contributed by atoms with Crippen molar-refractivity contribution in [3.05, 3.63) is 11.3 Å². The van der Waals surface area contributed by atoms with Crippen LogP contribution in [0.2, 0.25) is 0 Å². The maximum Gasteiger partial charge on any atom is 0.249 e. The van der Waals surface area contributed by atoms with Gasteiger partial charge in [-0.15, -0.1) is 0 Å². The number of aromatic nitrogens is 1. The standard InChI is InChI=1S/C18H27N3O4/c1-11(2)18(23)21-8-4-5-14(21)16(22)19-17-12(3)15(20-25-17)13-6-9-24-10-7-13/h11,13-14H,4-10H2,1-3H3,(H,19,22). The number of ether oxygens (including phenoxy) is 1. The minimum Gasteiger partial charge on any atom is -0.381 e. The van der Waals surface area contributed by atoms with Gasteiger partial charge in [0.15, 0.2) is 0 Å². The van der Waals surface area contributed by atoms with Crippen molar-refractivity contribution in [1.29, 1.82) is 0 Å². The second-order valence-electron chi connectivity index (χ2n) is 7.24. The van der Waals surface area contributed by atoms with Gasteiger partial charge in [-0.3, -0.25) is 14.9 Å². The fraction of sp³-hybridized carbons (Fsp3) is 0.722. The highest BCUT2D eigenvalue weighted by atomic mass is 16.5. The molecule has 25 heavy (non-hydrogen) atoms. The average molecular weight is 349 g/mol. The molecule has 7 heteroatoms. The first kappa shape index (κ1) is 17.9. The molecule has 1 unspecified atom stereocenters. The molecule has 7 nitrogen and oxygen atoms in total. The average Bonchev–Trinajstić information content (AvgIpc) is 3.22. The Hall–Kier alpha value is -1.89. The van der Waals surface area contributed by atoms with Gasteiger partial charge in [0.1, 0.15) is 6.04 Å². The van der Waals surface area contributed by atoms with E-state index in [-0.39, 0.29) is 17.7 Å². The number of carbonyl (C=O) groups excluding carboxylic acids is 2. The van der Waals surface area contributed by atoms with Gasteiger partial charge in [0.05, 0.1) is 5.69 Å². The number of nitrogens with one attached hydrogen (secondary N) is 1. The molecule has 2 fully saturated rings. The van der Waals surface area contributed by atoms with Crippen LogP contribution in [0.1, 0.15) is 56.7 Å². The third kappa shape index (κ3) is 3.71. The van der Waals surface area contributed by atoms with Gasteiger partial charge >= 0.3 is 0 Å². The van der Waals surface area contributed by atoms with Crippen LogP contribution in [0.25, 0.3) is 0 Å². The van der Waals surface area contributed by atoms with Crippen molar-refractivity contribution in [2.24, 2.45) is 5.92 Å². The molecule has 0 bridgehead atoms. The summed E-state index contributed by atoms with van der Waals surface area (Å²) in [6.07, 6.45) is 3.36. The Kier molecular flexibility index (Phi) is 5.42. The predicted molar refractivity (Wildman–Crippen MR) is 92.2 cm³/mol. The van der Waals surface area contributed by atoms with E-state index in [9.17, 15) is 9.59 Å². The number of rotatable bonds is 4. The van der Waals surface area contributed by atoms with E-state index in [1.54, 1.807) is 4.90 Å². The van der Waals surface area contributed by atoms with Crippen LogP contribution >= 0.6 is 0 Å². The summed E-state index contributed by atoms with van der Waals surface area (Å²) in [5.74, 6) is 0.434. The Labute approximate surface area is 148 Å². The highest BCUT2D eigenvalue weighted by molar-refractivity contribution is 5.97. The molecule has 1 aromatic heterocycles. The second-order valence-corrected chi connectivity index (χ2v) is 7.24. The van der Waals surface area contributed by atoms with Gasteiger partial charge in [-0.2, -0.15) is 0 Å². The van der Waals surface area contributed by atoms with E-state index >= 15 is 0 Å². The molecular formula is C18H27N3O4. The molecule has 2 amide bonds. The van der Waals surface area contributed by atoms with Crippen molar-refractivity contribution in [2.45, 2.75) is 58.4 Å². The van der Waals surface area contributed by atoms with Gasteiger partial charge in [0, 0.05) is 37.2 Å². The van der Waals surface area contributed by atoms with Crippen molar-refractivity contribution in [3.8, 4) is 0 Å². The molecule has 3 rings (SSSR count). The zero-order chi connectivity index (χ0) is 18.0. The van der Waals surface area contributed by atoms with Gasteiger partial charge in [-0.25, -0.2) is 0 Å². The summed E-state index contributed by atoms with van der Waals surface area (Å²) in [4.78, 5) is 26.7. The molecule has 2 aliphatic heterocycles. The largest absolute Gasteiger partial charge is 0.381 e. The number of likely N-dealkylation sites (tertiary alicyclic amines) is 1. The lowest BCUT2D eigenvalue weighted by molar-refractivity contribution is -0.139. The van der Waals surface area contributed by atoms with E-state index in [1.165, 1.54) is 0 Å². The second kappa shape index (κ2) is 7.56. The first-order valence-corrected chi connectivity index (χ1v) is 9.14. The summed E-state index contributed by atoms with van der Waals surface area (Å²) in [6.45, 7) is 7.73. The van der Waals surface area contributed by atoms with Crippen molar-refractivity contribution >= 4 is 17.7 Å². The van der Waals surface area contributed by atoms with Gasteiger partial charge in [-0.1, -0.05) is 19.0 Å². The van der Waals surface area contributed by atoms with Crippen LogP contribution in [-0.4, -0.2) is 47.7 Å². The number of amides is 2. The molecule has 0 aliphatic carbocycles. The van der Waals surface area contributed by atoms with E-state index in [2.05, 4.69) is 10.5 Å². The fourth-order valence-corrected chi connectivity index (χ4v) is 3.65. The highest BCUT2D eigenvalue weighted by Crippen LogP contribution is 2.32. The lowest BCUT2D eigenvalue weighted by Crippen LogP contribution is -2.44. The van der Waals surface area contributed by atoms with Gasteiger partial charge in [0.2, 0.25) is 17.7 Å². The smallest absolute Gasteiger partial charge is 0.249 e. The zero-order valence-corrected chi connectivity index (χ0v) is 15.2. The quantitative estimate of drug-likeness (QED) is 0.902. The first-order valence-electron chi connectivity index (χ1n) is 9.14. The fourth-order valence-electron chi connectivity index (χ4n) is 3.65. The molecular weight excluding hydrogens is 322 g/mol. The summed E-state index contributed by atoms with van der Waals surface area (Å²) < 4.78 is 10.8. The molecule has 1 aromatic rings. The van der Waals surface area contributed by atoms with E-state index < -0.39 is 6.04 Å². The van der Waals surface area contributed by atoms with E-state index in [1.807, 2.05) is 20.8 Å². The Morgan fingerprint density at radius 2 is 1.96 bits per heavy atom. The third-order valence-electron chi connectivity index (χ3n) is 5.14. The van der Waals surface area contributed by atoms with E-state index in [4.69, 9.17) is 9.26 Å². The van der Waals surface area contributed by atoms with Crippen LogP contribution in [0.3, 0.4) is 0 Å². The number of carbonyl (C=O) groups is 2. The minimum absolute atomic E-state index is 0.0230. The molecule has 2 aliphatic rings. The van der Waals surface area contributed by atoms with Crippen LogP contribution in [0.15, 0.2) is 4.52 Å². The Bertz CT molecular complexity index is 634. The van der Waals surface area contributed by atoms with Crippen molar-refractivity contribution in [3.63, 3.8) is 0 Å². The van der Waals surface area contributed by atoms with Crippen LogP contribution in [-0.2, 0) is 14.3 Å².